The first-order valence-electron chi connectivity index (χ1n) is 9.30. The third-order valence-electron chi connectivity index (χ3n) is 5.77. The van der Waals surface area contributed by atoms with E-state index in [4.69, 9.17) is 4.98 Å². The van der Waals surface area contributed by atoms with Crippen molar-refractivity contribution in [3.05, 3.63) is 46.4 Å². The van der Waals surface area contributed by atoms with E-state index in [1.807, 2.05) is 6.92 Å². The molecule has 0 radical (unpaired) electrons. The predicted octanol–water partition coefficient (Wildman–Crippen LogP) is 5.93. The number of fused-ring (bicyclic) bond motifs is 3. The van der Waals surface area contributed by atoms with E-state index in [2.05, 4.69) is 44.0 Å². The Labute approximate surface area is 144 Å². The highest BCUT2D eigenvalue weighted by Crippen LogP contribution is 2.41. The van der Waals surface area contributed by atoms with Crippen molar-refractivity contribution in [2.45, 2.75) is 65.7 Å². The summed E-state index contributed by atoms with van der Waals surface area (Å²) in [7, 11) is 0. The van der Waals surface area contributed by atoms with Crippen LogP contribution in [0.2, 0.25) is 0 Å². The van der Waals surface area contributed by atoms with Crippen LogP contribution < -0.4 is 0 Å². The molecule has 124 valence electrons. The van der Waals surface area contributed by atoms with E-state index in [9.17, 15) is 0 Å². The number of nitrogens with zero attached hydrogens (tertiary/aromatic N) is 2. The summed E-state index contributed by atoms with van der Waals surface area (Å²) in [5.41, 5.74) is 6.80. The number of rotatable bonds is 2. The molecule has 0 spiro atoms. The van der Waals surface area contributed by atoms with E-state index in [1.54, 1.807) is 5.56 Å². The highest BCUT2D eigenvalue weighted by atomic mass is 14.9. The summed E-state index contributed by atoms with van der Waals surface area (Å²) < 4.78 is 0. The van der Waals surface area contributed by atoms with Crippen LogP contribution in [0, 0.1) is 20.8 Å². The number of aryl methyl sites for hydroxylation is 4. The molecule has 0 aliphatic heterocycles. The second kappa shape index (κ2) is 5.84. The molecule has 0 bridgehead atoms. The van der Waals surface area contributed by atoms with Gasteiger partial charge in [-0.3, -0.25) is 0 Å². The lowest BCUT2D eigenvalue weighted by Crippen LogP contribution is -2.03. The van der Waals surface area contributed by atoms with E-state index in [-0.39, 0.29) is 0 Å². The van der Waals surface area contributed by atoms with Crippen molar-refractivity contribution in [2.24, 2.45) is 0 Å². The van der Waals surface area contributed by atoms with Gasteiger partial charge in [-0.15, -0.1) is 0 Å². The Hall–Kier alpha value is -1.96. The third-order valence-corrected chi connectivity index (χ3v) is 5.77. The van der Waals surface area contributed by atoms with Crippen LogP contribution in [-0.2, 0) is 6.42 Å². The molecular weight excluding hydrogens is 292 g/mol. The molecule has 1 aliphatic carbocycles. The molecule has 0 unspecified atom stereocenters. The summed E-state index contributed by atoms with van der Waals surface area (Å²) in [6, 6.07) is 6.84. The Morgan fingerprint density at radius 1 is 1.04 bits per heavy atom. The molecule has 1 fully saturated rings. The maximum Gasteiger partial charge on any atom is 0.126 e. The van der Waals surface area contributed by atoms with Crippen molar-refractivity contribution in [1.82, 2.24) is 9.97 Å². The second-order valence-electron chi connectivity index (χ2n) is 7.34. The molecular formula is C22H26N2. The van der Waals surface area contributed by atoms with Gasteiger partial charge in [0.25, 0.3) is 0 Å². The summed E-state index contributed by atoms with van der Waals surface area (Å²) in [6.45, 7) is 8.79. The fraction of sp³-hybridized carbons (Fsp3) is 0.455. The average Bonchev–Trinajstić information content (AvgIpc) is 3.07. The summed E-state index contributed by atoms with van der Waals surface area (Å²) in [6.07, 6.45) is 6.38. The molecule has 0 saturated heterocycles. The SMILES string of the molecule is CCc1nc(C)nc2c1ccc1cc(C)c(C3CCCC3)c(C)c12. The largest absolute Gasteiger partial charge is 0.238 e. The van der Waals surface area contributed by atoms with Gasteiger partial charge in [-0.25, -0.2) is 9.97 Å². The lowest BCUT2D eigenvalue weighted by molar-refractivity contribution is 0.714. The molecule has 0 N–H and O–H groups in total. The van der Waals surface area contributed by atoms with Crippen LogP contribution in [0.4, 0.5) is 0 Å². The van der Waals surface area contributed by atoms with Crippen LogP contribution >= 0.6 is 0 Å². The van der Waals surface area contributed by atoms with Gasteiger partial charge < -0.3 is 0 Å². The smallest absolute Gasteiger partial charge is 0.126 e. The van der Waals surface area contributed by atoms with Gasteiger partial charge in [0, 0.05) is 10.8 Å². The molecule has 1 heterocycles. The van der Waals surface area contributed by atoms with Crippen molar-refractivity contribution >= 4 is 21.7 Å². The molecule has 4 rings (SSSR count). The van der Waals surface area contributed by atoms with Gasteiger partial charge in [0.15, 0.2) is 0 Å². The molecule has 3 aromatic rings. The van der Waals surface area contributed by atoms with Crippen molar-refractivity contribution in [3.8, 4) is 0 Å². The minimum atomic E-state index is 0.734. The zero-order chi connectivity index (χ0) is 16.8. The van der Waals surface area contributed by atoms with Gasteiger partial charge in [-0.1, -0.05) is 38.0 Å². The zero-order valence-electron chi connectivity index (χ0n) is 15.2. The third kappa shape index (κ3) is 2.31. The van der Waals surface area contributed by atoms with Gasteiger partial charge in [-0.05, 0) is 68.0 Å². The number of hydrogen-bond donors (Lipinski definition) is 0. The molecule has 24 heavy (non-hydrogen) atoms. The monoisotopic (exact) mass is 318 g/mol. The minimum absolute atomic E-state index is 0.734. The van der Waals surface area contributed by atoms with Gasteiger partial charge in [0.05, 0.1) is 11.2 Å². The summed E-state index contributed by atoms with van der Waals surface area (Å²) in [4.78, 5) is 9.52. The first-order chi connectivity index (χ1) is 11.6. The van der Waals surface area contributed by atoms with E-state index in [0.29, 0.717) is 0 Å². The van der Waals surface area contributed by atoms with E-state index >= 15 is 0 Å². The van der Waals surface area contributed by atoms with Crippen molar-refractivity contribution in [3.63, 3.8) is 0 Å². The fourth-order valence-electron chi connectivity index (χ4n) is 4.77. The normalized spacial score (nSPS) is 15.7. The quantitative estimate of drug-likeness (QED) is 0.547. The van der Waals surface area contributed by atoms with Gasteiger partial charge >= 0.3 is 0 Å². The average molecular weight is 318 g/mol. The highest BCUT2D eigenvalue weighted by Gasteiger charge is 2.23. The van der Waals surface area contributed by atoms with Crippen LogP contribution in [0.25, 0.3) is 21.7 Å². The molecule has 2 heteroatoms. The summed E-state index contributed by atoms with van der Waals surface area (Å²) in [5, 5.41) is 3.89. The van der Waals surface area contributed by atoms with Gasteiger partial charge in [-0.2, -0.15) is 0 Å². The molecule has 2 nitrogen and oxygen atoms in total. The van der Waals surface area contributed by atoms with Crippen molar-refractivity contribution in [1.29, 1.82) is 0 Å². The highest BCUT2D eigenvalue weighted by molar-refractivity contribution is 6.08. The maximum absolute atomic E-state index is 4.86. The van der Waals surface area contributed by atoms with Crippen LogP contribution in [0.15, 0.2) is 18.2 Å². The van der Waals surface area contributed by atoms with Gasteiger partial charge in [0.1, 0.15) is 5.82 Å². The van der Waals surface area contributed by atoms with E-state index in [0.717, 1.165) is 23.7 Å². The second-order valence-corrected chi connectivity index (χ2v) is 7.34. The Balaban J connectivity index is 2.11. The van der Waals surface area contributed by atoms with Crippen LogP contribution in [0.1, 0.15) is 66.7 Å². The van der Waals surface area contributed by atoms with Crippen LogP contribution in [-0.4, -0.2) is 9.97 Å². The topological polar surface area (TPSA) is 25.8 Å². The lowest BCUT2D eigenvalue weighted by atomic mass is 9.85. The Bertz CT molecular complexity index is 934. The Kier molecular flexibility index (Phi) is 3.79. The Morgan fingerprint density at radius 3 is 2.50 bits per heavy atom. The molecule has 2 aromatic carbocycles. The van der Waals surface area contributed by atoms with Crippen molar-refractivity contribution in [2.75, 3.05) is 0 Å². The zero-order valence-corrected chi connectivity index (χ0v) is 15.2. The maximum atomic E-state index is 4.86. The minimum Gasteiger partial charge on any atom is -0.238 e. The number of hydrogen-bond acceptors (Lipinski definition) is 2. The Morgan fingerprint density at radius 2 is 1.79 bits per heavy atom. The molecule has 1 aromatic heterocycles. The number of aromatic nitrogens is 2. The lowest BCUT2D eigenvalue weighted by Gasteiger charge is -2.20. The molecule has 1 aliphatic rings. The summed E-state index contributed by atoms with van der Waals surface area (Å²) >= 11 is 0. The summed E-state index contributed by atoms with van der Waals surface area (Å²) in [5.74, 6) is 1.62. The van der Waals surface area contributed by atoms with E-state index in [1.165, 1.54) is 58.7 Å². The molecule has 0 atom stereocenters. The fourth-order valence-corrected chi connectivity index (χ4v) is 4.77. The van der Waals surface area contributed by atoms with E-state index < -0.39 is 0 Å². The van der Waals surface area contributed by atoms with Gasteiger partial charge in [0.2, 0.25) is 0 Å². The van der Waals surface area contributed by atoms with Crippen molar-refractivity contribution < 1.29 is 0 Å². The standard InChI is InChI=1S/C22H26N2/c1-5-19-18-11-10-17-12-13(2)20(16-8-6-7-9-16)14(3)21(17)22(18)24-15(4)23-19/h10-12,16H,5-9H2,1-4H3. The molecule has 1 saturated carbocycles. The first kappa shape index (κ1) is 15.6. The molecule has 0 amide bonds. The van der Waals surface area contributed by atoms with Crippen LogP contribution in [0.5, 0.6) is 0 Å². The first-order valence-corrected chi connectivity index (χ1v) is 9.30. The predicted molar refractivity (Wildman–Crippen MR) is 102 cm³/mol. The number of benzene rings is 2. The van der Waals surface area contributed by atoms with Crippen LogP contribution in [0.3, 0.4) is 0 Å².